The van der Waals surface area contributed by atoms with E-state index >= 15 is 0 Å². The van der Waals surface area contributed by atoms with Gasteiger partial charge in [-0.25, -0.2) is 0 Å². The van der Waals surface area contributed by atoms with Gasteiger partial charge >= 0.3 is 0 Å². The van der Waals surface area contributed by atoms with Crippen LogP contribution in [0.3, 0.4) is 0 Å². The number of hydrogen-bond donors (Lipinski definition) is 1. The first-order valence-electron chi connectivity index (χ1n) is 8.95. The average molecular weight is 368 g/mol. The molecule has 1 unspecified atom stereocenters. The third-order valence-corrected chi connectivity index (χ3v) is 5.00. The van der Waals surface area contributed by atoms with Crippen molar-refractivity contribution in [2.75, 3.05) is 13.2 Å². The van der Waals surface area contributed by atoms with Gasteiger partial charge in [-0.3, -0.25) is 0 Å². The number of nitrogens with one attached hydrogen (secondary N) is 1. The van der Waals surface area contributed by atoms with Crippen molar-refractivity contribution < 1.29 is 14.1 Å². The molecule has 4 rings (SSSR count). The maximum atomic E-state index is 5.77. The van der Waals surface area contributed by atoms with Crippen molar-refractivity contribution in [2.45, 2.75) is 26.6 Å². The first kappa shape index (κ1) is 17.0. The van der Waals surface area contributed by atoms with Crippen LogP contribution in [-0.2, 0) is 19.6 Å². The minimum atomic E-state index is 0.401. The molecule has 1 aliphatic heterocycles. The molecule has 134 valence electrons. The molecule has 1 aliphatic rings. The molecule has 2 aromatic carbocycles. The van der Waals surface area contributed by atoms with E-state index in [1.807, 2.05) is 31.2 Å². The fourth-order valence-electron chi connectivity index (χ4n) is 3.43. The molecule has 6 heteroatoms. The van der Waals surface area contributed by atoms with Crippen molar-refractivity contribution in [1.82, 2.24) is 9.78 Å². The topological polar surface area (TPSA) is 44.6 Å². The summed E-state index contributed by atoms with van der Waals surface area (Å²) >= 11 is 5.41. The summed E-state index contributed by atoms with van der Waals surface area (Å²) in [6, 6.07) is 16.4. The second kappa shape index (κ2) is 7.43. The Morgan fingerprint density at radius 3 is 2.77 bits per heavy atom. The second-order valence-corrected chi connectivity index (χ2v) is 6.80. The van der Waals surface area contributed by atoms with Crippen LogP contribution in [0.5, 0.6) is 5.75 Å². The Bertz CT molecular complexity index is 963. The SMILES string of the molecule is CCOc1ccccc1-c1nn(C[NH+]2CCc3ccccc3C2)c(=S)o1. The lowest BCUT2D eigenvalue weighted by molar-refractivity contribution is -0.939. The van der Waals surface area contributed by atoms with Gasteiger partial charge in [0.2, 0.25) is 0 Å². The number of aromatic nitrogens is 2. The zero-order valence-corrected chi connectivity index (χ0v) is 15.6. The smallest absolute Gasteiger partial charge is 0.292 e. The van der Waals surface area contributed by atoms with Crippen molar-refractivity contribution in [3.63, 3.8) is 0 Å². The molecule has 0 amide bonds. The van der Waals surface area contributed by atoms with E-state index in [1.165, 1.54) is 16.0 Å². The van der Waals surface area contributed by atoms with Gasteiger partial charge < -0.3 is 14.1 Å². The van der Waals surface area contributed by atoms with Crippen molar-refractivity contribution in [3.05, 3.63) is 64.5 Å². The predicted molar refractivity (Wildman–Crippen MR) is 102 cm³/mol. The lowest BCUT2D eigenvalue weighted by Crippen LogP contribution is -3.11. The van der Waals surface area contributed by atoms with Gasteiger partial charge in [0.05, 0.1) is 18.7 Å². The number of hydrogen-bond acceptors (Lipinski definition) is 4. The Kier molecular flexibility index (Phi) is 4.86. The Morgan fingerprint density at radius 2 is 1.92 bits per heavy atom. The molecule has 26 heavy (non-hydrogen) atoms. The van der Waals surface area contributed by atoms with E-state index in [0.717, 1.165) is 30.8 Å². The van der Waals surface area contributed by atoms with Crippen molar-refractivity contribution in [1.29, 1.82) is 0 Å². The normalized spacial score (nSPS) is 16.3. The average Bonchev–Trinajstić information content (AvgIpc) is 3.03. The molecule has 0 saturated carbocycles. The molecule has 0 aliphatic carbocycles. The van der Waals surface area contributed by atoms with Gasteiger partial charge in [0.1, 0.15) is 12.3 Å². The summed E-state index contributed by atoms with van der Waals surface area (Å²) in [4.78, 5) is 1.83. The highest BCUT2D eigenvalue weighted by Crippen LogP contribution is 2.28. The van der Waals surface area contributed by atoms with Crippen LogP contribution >= 0.6 is 12.2 Å². The van der Waals surface area contributed by atoms with Crippen LogP contribution < -0.4 is 9.64 Å². The number of rotatable bonds is 5. The highest BCUT2D eigenvalue weighted by molar-refractivity contribution is 7.71. The predicted octanol–water partition coefficient (Wildman–Crippen LogP) is 2.87. The highest BCUT2D eigenvalue weighted by Gasteiger charge is 2.21. The van der Waals surface area contributed by atoms with Crippen molar-refractivity contribution in [3.8, 4) is 17.2 Å². The molecule has 2 heterocycles. The zero-order chi connectivity index (χ0) is 17.9. The molecule has 5 nitrogen and oxygen atoms in total. The Balaban J connectivity index is 1.56. The number of ether oxygens (including phenoxy) is 1. The van der Waals surface area contributed by atoms with Crippen LogP contribution in [0, 0.1) is 4.84 Å². The van der Waals surface area contributed by atoms with Crippen LogP contribution in [0.15, 0.2) is 52.9 Å². The largest absolute Gasteiger partial charge is 0.493 e. The highest BCUT2D eigenvalue weighted by atomic mass is 32.1. The van der Waals surface area contributed by atoms with Crippen LogP contribution in [0.25, 0.3) is 11.5 Å². The molecule has 0 fully saturated rings. The van der Waals surface area contributed by atoms with Gasteiger partial charge in [-0.1, -0.05) is 36.4 Å². The third kappa shape index (κ3) is 3.43. The summed E-state index contributed by atoms with van der Waals surface area (Å²) in [5.74, 6) is 1.27. The molecule has 1 N–H and O–H groups in total. The van der Waals surface area contributed by atoms with E-state index in [9.17, 15) is 0 Å². The fourth-order valence-corrected chi connectivity index (χ4v) is 3.61. The maximum Gasteiger partial charge on any atom is 0.292 e. The van der Waals surface area contributed by atoms with E-state index in [1.54, 1.807) is 4.68 Å². The standard InChI is InChI=1S/C20H21N3O2S/c1-2-24-18-10-6-5-9-17(18)19-21-23(20(26)25-19)14-22-12-11-15-7-3-4-8-16(15)13-22/h3-10H,2,11-14H2,1H3/p+1. The summed E-state index contributed by atoms with van der Waals surface area (Å²) in [6.45, 7) is 5.30. The zero-order valence-electron chi connectivity index (χ0n) is 14.8. The molecule has 1 aromatic heterocycles. The minimum Gasteiger partial charge on any atom is -0.493 e. The molecule has 1 atom stereocenters. The fraction of sp³-hybridized carbons (Fsp3) is 0.300. The quantitative estimate of drug-likeness (QED) is 0.704. The first-order chi connectivity index (χ1) is 12.7. The summed E-state index contributed by atoms with van der Waals surface area (Å²) in [5, 5.41) is 4.62. The van der Waals surface area contributed by atoms with Gasteiger partial charge in [0.15, 0.2) is 6.67 Å². The summed E-state index contributed by atoms with van der Waals surface area (Å²) in [5.41, 5.74) is 3.69. The Labute approximate surface area is 157 Å². The number of nitrogens with zero attached hydrogens (tertiary/aromatic N) is 2. The monoisotopic (exact) mass is 368 g/mol. The van der Waals surface area contributed by atoms with E-state index in [-0.39, 0.29) is 0 Å². The molecular formula is C20H22N3O2S+. The van der Waals surface area contributed by atoms with E-state index in [0.29, 0.717) is 24.0 Å². The first-order valence-corrected chi connectivity index (χ1v) is 9.36. The summed E-state index contributed by atoms with van der Waals surface area (Å²) in [6.07, 6.45) is 1.08. The second-order valence-electron chi connectivity index (χ2n) is 6.46. The van der Waals surface area contributed by atoms with Gasteiger partial charge in [-0.15, -0.1) is 5.10 Å². The number of fused-ring (bicyclic) bond motifs is 1. The molecule has 3 aromatic rings. The van der Waals surface area contributed by atoms with Crippen LogP contribution in [0.4, 0.5) is 0 Å². The Hall–Kier alpha value is -2.44. The number of benzene rings is 2. The van der Waals surface area contributed by atoms with E-state index < -0.39 is 0 Å². The Morgan fingerprint density at radius 1 is 1.15 bits per heavy atom. The van der Waals surface area contributed by atoms with Crippen LogP contribution in [-0.4, -0.2) is 22.9 Å². The molecule has 0 saturated heterocycles. The van der Waals surface area contributed by atoms with Gasteiger partial charge in [-0.2, -0.15) is 4.68 Å². The molecule has 0 spiro atoms. The van der Waals surface area contributed by atoms with Crippen LogP contribution in [0.2, 0.25) is 0 Å². The lowest BCUT2D eigenvalue weighted by Gasteiger charge is -2.25. The number of quaternary nitrogens is 1. The summed E-state index contributed by atoms with van der Waals surface area (Å²) < 4.78 is 13.2. The maximum absolute atomic E-state index is 5.77. The van der Waals surface area contributed by atoms with Crippen molar-refractivity contribution in [2.24, 2.45) is 0 Å². The van der Waals surface area contributed by atoms with Crippen molar-refractivity contribution >= 4 is 12.2 Å². The van der Waals surface area contributed by atoms with Gasteiger partial charge in [0, 0.05) is 12.0 Å². The van der Waals surface area contributed by atoms with Gasteiger partial charge in [-0.05, 0) is 36.8 Å². The lowest BCUT2D eigenvalue weighted by atomic mass is 10.0. The molecule has 0 radical (unpaired) electrons. The molecular weight excluding hydrogens is 346 g/mol. The van der Waals surface area contributed by atoms with E-state index in [2.05, 4.69) is 29.4 Å². The van der Waals surface area contributed by atoms with Crippen LogP contribution in [0.1, 0.15) is 18.1 Å². The minimum absolute atomic E-state index is 0.401. The summed E-state index contributed by atoms with van der Waals surface area (Å²) in [7, 11) is 0. The van der Waals surface area contributed by atoms with Gasteiger partial charge in [0.25, 0.3) is 10.7 Å². The third-order valence-electron chi connectivity index (χ3n) is 4.70. The molecule has 0 bridgehead atoms. The number of para-hydroxylation sites is 1. The van der Waals surface area contributed by atoms with E-state index in [4.69, 9.17) is 21.4 Å².